The summed E-state index contributed by atoms with van der Waals surface area (Å²) in [5.41, 5.74) is 15.8. The first kappa shape index (κ1) is 54.9. The molecule has 2 aliphatic heterocycles. The Labute approximate surface area is 447 Å². The number of unbranched alkanes of at least 4 members (excludes halogenated alkanes) is 1. The zero-order chi connectivity index (χ0) is 54.1. The third-order valence-electron chi connectivity index (χ3n) is 14.0. The molecule has 402 valence electrons. The molecule has 18 heteroatoms. The number of nitrogens with two attached hydrogens (primary N) is 2. The van der Waals surface area contributed by atoms with Gasteiger partial charge in [-0.15, -0.1) is 0 Å². The fraction of sp³-hybridized carbons (Fsp3) is 0.339. The van der Waals surface area contributed by atoms with E-state index < -0.39 is 83.6 Å². The number of carbonyl (C=O) groups is 7. The van der Waals surface area contributed by atoms with E-state index in [0.717, 1.165) is 22.0 Å². The van der Waals surface area contributed by atoms with Gasteiger partial charge in [-0.25, -0.2) is 4.79 Å². The van der Waals surface area contributed by atoms with Crippen molar-refractivity contribution in [2.75, 3.05) is 26.2 Å². The normalized spacial score (nSPS) is 21.7. The smallest absolute Gasteiger partial charge is 0.407 e. The van der Waals surface area contributed by atoms with Crippen LogP contribution in [0.4, 0.5) is 4.79 Å². The van der Waals surface area contributed by atoms with Crippen molar-refractivity contribution in [1.82, 2.24) is 36.5 Å². The van der Waals surface area contributed by atoms with Crippen LogP contribution in [0.2, 0.25) is 0 Å². The van der Waals surface area contributed by atoms with Crippen molar-refractivity contribution in [3.05, 3.63) is 174 Å². The first-order valence-electron chi connectivity index (χ1n) is 26.2. The van der Waals surface area contributed by atoms with Crippen molar-refractivity contribution in [3.8, 4) is 5.75 Å². The van der Waals surface area contributed by atoms with E-state index >= 15 is 9.59 Å². The molecule has 0 radical (unpaired) electrons. The van der Waals surface area contributed by atoms with E-state index in [-0.39, 0.29) is 58.2 Å². The molecule has 6 aromatic rings. The second-order valence-corrected chi connectivity index (χ2v) is 19.5. The quantitative estimate of drug-likeness (QED) is 0.0591. The first-order valence-corrected chi connectivity index (χ1v) is 26.2. The summed E-state index contributed by atoms with van der Waals surface area (Å²) < 4.78 is 11.8. The van der Waals surface area contributed by atoms with Gasteiger partial charge in [0.05, 0.1) is 12.6 Å². The van der Waals surface area contributed by atoms with E-state index in [9.17, 15) is 24.0 Å². The Hall–Kier alpha value is -8.35. The Kier molecular flexibility index (Phi) is 19.2. The summed E-state index contributed by atoms with van der Waals surface area (Å²) in [5.74, 6) is -4.38. The van der Waals surface area contributed by atoms with Gasteiger partial charge >= 0.3 is 6.09 Å². The Morgan fingerprint density at radius 3 is 1.97 bits per heavy atom. The van der Waals surface area contributed by atoms with Gasteiger partial charge < -0.3 is 57.4 Å². The van der Waals surface area contributed by atoms with Crippen LogP contribution >= 0.6 is 0 Å². The highest BCUT2D eigenvalue weighted by molar-refractivity contribution is 5.99. The van der Waals surface area contributed by atoms with Crippen LogP contribution < -0.4 is 42.8 Å². The number of para-hydroxylation sites is 1. The van der Waals surface area contributed by atoms with Crippen molar-refractivity contribution in [3.63, 3.8) is 0 Å². The number of Topliss-reactive ketones (excluding diaryl/α,β-unsaturated/α-hetero) is 1. The zero-order valence-corrected chi connectivity index (χ0v) is 42.9. The number of aromatic nitrogens is 1. The lowest BCUT2D eigenvalue weighted by Gasteiger charge is -2.31. The number of amides is 6. The van der Waals surface area contributed by atoms with Crippen LogP contribution in [0, 0.1) is 5.92 Å². The molecule has 6 amide bonds. The molecule has 2 fully saturated rings. The average Bonchev–Trinajstić information content (AvgIpc) is 4.08. The third kappa shape index (κ3) is 15.0. The van der Waals surface area contributed by atoms with Gasteiger partial charge in [0, 0.05) is 55.4 Å². The highest BCUT2D eigenvalue weighted by atomic mass is 16.6. The van der Waals surface area contributed by atoms with Crippen LogP contribution in [0.1, 0.15) is 66.0 Å². The van der Waals surface area contributed by atoms with Gasteiger partial charge in [0.25, 0.3) is 0 Å². The molecule has 0 spiro atoms. The van der Waals surface area contributed by atoms with E-state index in [2.05, 4.69) is 31.6 Å². The summed E-state index contributed by atoms with van der Waals surface area (Å²) in [5, 5.41) is 15.1. The highest BCUT2D eigenvalue weighted by Gasteiger charge is 2.45. The molecule has 7 atom stereocenters. The minimum absolute atomic E-state index is 0.00193. The number of hydrogen-bond acceptors (Lipinski definition) is 11. The van der Waals surface area contributed by atoms with Crippen molar-refractivity contribution < 1.29 is 43.0 Å². The van der Waals surface area contributed by atoms with E-state index in [1.807, 2.05) is 84.9 Å². The third-order valence-corrected chi connectivity index (χ3v) is 14.0. The van der Waals surface area contributed by atoms with Crippen LogP contribution in [-0.4, -0.2) is 108 Å². The van der Waals surface area contributed by atoms with E-state index in [0.29, 0.717) is 48.4 Å². The van der Waals surface area contributed by atoms with Gasteiger partial charge in [0.15, 0.2) is 5.78 Å². The molecule has 5 aromatic carbocycles. The summed E-state index contributed by atoms with van der Waals surface area (Å²) in [6.07, 6.45) is 0.583. The zero-order valence-electron chi connectivity index (χ0n) is 42.9. The number of benzene rings is 5. The number of hydrogen-bond donors (Lipinski definition) is 8. The van der Waals surface area contributed by atoms with Gasteiger partial charge in [0.1, 0.15) is 42.6 Å². The number of aromatic amines is 1. The van der Waals surface area contributed by atoms with Crippen molar-refractivity contribution in [2.24, 2.45) is 17.4 Å². The number of alkyl carbamates (subject to hydrolysis) is 1. The van der Waals surface area contributed by atoms with Crippen LogP contribution in [0.5, 0.6) is 5.75 Å². The Balaban J connectivity index is 1.19. The van der Waals surface area contributed by atoms with Gasteiger partial charge in [-0.1, -0.05) is 121 Å². The number of nitrogens with one attached hydrogen (secondary N) is 6. The maximum atomic E-state index is 15.4. The lowest BCUT2D eigenvalue weighted by molar-refractivity contribution is -0.144. The lowest BCUT2D eigenvalue weighted by Crippen LogP contribution is -2.58. The molecular formula is C59H67N9O9. The minimum atomic E-state index is -1.40. The number of ether oxygens (including phenoxy) is 2. The minimum Gasteiger partial charge on any atom is -0.489 e. The molecule has 8 rings (SSSR count). The highest BCUT2D eigenvalue weighted by Crippen LogP contribution is 2.29. The van der Waals surface area contributed by atoms with Gasteiger partial charge in [-0.05, 0) is 84.7 Å². The van der Waals surface area contributed by atoms with Crippen molar-refractivity contribution >= 4 is 52.3 Å². The molecule has 0 aliphatic carbocycles. The fourth-order valence-corrected chi connectivity index (χ4v) is 9.93. The van der Waals surface area contributed by atoms with E-state index in [1.165, 1.54) is 4.90 Å². The van der Waals surface area contributed by atoms with E-state index in [1.54, 1.807) is 60.8 Å². The molecule has 1 aromatic heterocycles. The summed E-state index contributed by atoms with van der Waals surface area (Å²) in [7, 11) is 0. The maximum Gasteiger partial charge on any atom is 0.407 e. The number of H-pyrrole nitrogens is 1. The number of nitrogens with zero attached hydrogens (tertiary/aromatic N) is 1. The molecule has 0 bridgehead atoms. The first-order chi connectivity index (χ1) is 37.5. The molecule has 2 saturated heterocycles. The molecular weight excluding hydrogens is 979 g/mol. The standard InChI is InChI=1S/C59H67N9O9/c60-27-13-12-22-48-54(70)65-49(31-39-23-25-44(26-24-39)76-37-40-16-6-2-7-17-40)52(69)33-42(30-38-14-4-1-5-15-38)58(74)68-36-45(77-59(75)62-29-28-61)34-51(68)56(72)67-53(41-18-8-3-9-19-41)57(73)66-50(55(71)64-48)32-43-35-63-47-21-11-10-20-46(43)47/h1-11,14-21,23-26,35,42,45,48-51,53,63H,12-13,22,27-34,36-37,60-61H2,(H,62,75)(H,64,71)(H,65,70)(H,66,73)(H,67,72)/t42-,45-,48+,49+,50-,51+,53+/m1/s1. The SMILES string of the molecule is NCCCC[C@@H]1NC(=O)[C@@H](Cc2c[nH]c3ccccc23)NC(=O)[C@H](c2ccccc2)NC(=O)[C@@H]2C[C@@H](OC(=O)NCCN)CN2C(=O)[C@H](Cc2ccccc2)CC(=O)[C@H](Cc2ccc(OCc3ccccc3)cc2)NC1=O. The maximum absolute atomic E-state index is 15.4. The molecule has 18 nitrogen and oxygen atoms in total. The van der Waals surface area contributed by atoms with Crippen LogP contribution in [0.25, 0.3) is 10.9 Å². The summed E-state index contributed by atoms with van der Waals surface area (Å²) >= 11 is 0. The largest absolute Gasteiger partial charge is 0.489 e. The Bertz CT molecular complexity index is 2960. The number of ketones is 1. The van der Waals surface area contributed by atoms with Crippen molar-refractivity contribution in [1.29, 1.82) is 0 Å². The van der Waals surface area contributed by atoms with Gasteiger partial charge in [-0.3, -0.25) is 28.8 Å². The topological polar surface area (TPSA) is 269 Å². The number of carbonyl (C=O) groups excluding carboxylic acids is 7. The Morgan fingerprint density at radius 2 is 1.26 bits per heavy atom. The molecule has 2 aliphatic rings. The molecule has 77 heavy (non-hydrogen) atoms. The predicted octanol–water partition coefficient (Wildman–Crippen LogP) is 4.46. The number of rotatable bonds is 17. The summed E-state index contributed by atoms with van der Waals surface area (Å²) in [6, 6.07) is 35.5. The van der Waals surface area contributed by atoms with E-state index in [4.69, 9.17) is 20.9 Å². The second-order valence-electron chi connectivity index (χ2n) is 19.5. The lowest BCUT2D eigenvalue weighted by atomic mass is 9.89. The second kappa shape index (κ2) is 26.9. The van der Waals surface area contributed by atoms with Crippen LogP contribution in [0.15, 0.2) is 146 Å². The summed E-state index contributed by atoms with van der Waals surface area (Å²) in [4.78, 5) is 108. The average molecular weight is 1050 g/mol. The molecule has 10 N–H and O–H groups in total. The van der Waals surface area contributed by atoms with Crippen LogP contribution in [-0.2, 0) is 59.4 Å². The molecule has 0 unspecified atom stereocenters. The molecule has 0 saturated carbocycles. The Morgan fingerprint density at radius 1 is 0.623 bits per heavy atom. The predicted molar refractivity (Wildman–Crippen MR) is 290 cm³/mol. The van der Waals surface area contributed by atoms with Gasteiger partial charge in [-0.2, -0.15) is 0 Å². The summed E-state index contributed by atoms with van der Waals surface area (Å²) in [6.45, 7) is 0.696. The monoisotopic (exact) mass is 1050 g/mol. The molecule has 3 heterocycles. The van der Waals surface area contributed by atoms with Gasteiger partial charge in [0.2, 0.25) is 29.5 Å². The van der Waals surface area contributed by atoms with Crippen molar-refractivity contribution in [2.45, 2.75) is 94.3 Å². The van der Waals surface area contributed by atoms with Crippen LogP contribution in [0.3, 0.4) is 0 Å². The number of fused-ring (bicyclic) bond motifs is 2. The fourth-order valence-electron chi connectivity index (χ4n) is 9.93.